The van der Waals surface area contributed by atoms with Crippen LogP contribution in [0.15, 0.2) is 0 Å². The summed E-state index contributed by atoms with van der Waals surface area (Å²) in [5, 5.41) is 8.74. The average Bonchev–Trinajstić information content (AvgIpc) is 1.79. The van der Waals surface area contributed by atoms with Crippen molar-refractivity contribution in [3.05, 3.63) is 0 Å². The topological polar surface area (TPSA) is 37.3 Å². The lowest BCUT2D eigenvalue weighted by molar-refractivity contribution is -0.153. The van der Waals surface area contributed by atoms with Crippen LogP contribution < -0.4 is 0 Å². The summed E-state index contributed by atoms with van der Waals surface area (Å²) in [6.45, 7) is 4.88. The van der Waals surface area contributed by atoms with Crippen LogP contribution in [0.2, 0.25) is 0 Å². The summed E-state index contributed by atoms with van der Waals surface area (Å²) in [7, 11) is 0. The largest absolute Gasteiger partial charge is 0.481 e. The number of hydrogen-bond acceptors (Lipinski definition) is 1. The van der Waals surface area contributed by atoms with E-state index in [1.165, 1.54) is 0 Å². The Labute approximate surface area is 81.1 Å². The second-order valence-electron chi connectivity index (χ2n) is 4.41. The van der Waals surface area contributed by atoms with Gasteiger partial charge in [0.05, 0.1) is 5.92 Å². The summed E-state index contributed by atoms with van der Waals surface area (Å²) >= 11 is 0. The van der Waals surface area contributed by atoms with E-state index in [-0.39, 0.29) is 6.42 Å². The van der Waals surface area contributed by atoms with Gasteiger partial charge in [0.1, 0.15) is 0 Å². The Morgan fingerprint density at radius 1 is 1.29 bits per heavy atom. The molecule has 0 aliphatic carbocycles. The maximum atomic E-state index is 11.9. The first kappa shape index (κ1) is 13.3. The van der Waals surface area contributed by atoms with Gasteiger partial charge in [-0.05, 0) is 11.8 Å². The molecule has 0 heterocycles. The molecule has 14 heavy (non-hydrogen) atoms. The normalized spacial score (nSPS) is 15.3. The van der Waals surface area contributed by atoms with Gasteiger partial charge in [-0.3, -0.25) is 4.79 Å². The highest BCUT2D eigenvalue weighted by Gasteiger charge is 2.35. The molecule has 0 fully saturated rings. The van der Waals surface area contributed by atoms with E-state index in [1.54, 1.807) is 20.8 Å². The zero-order valence-corrected chi connectivity index (χ0v) is 8.48. The fraction of sp³-hybridized carbons (Fsp3) is 0.889. The molecule has 0 radical (unpaired) electrons. The Balaban J connectivity index is 4.35. The molecular formula is C9H15F3O2. The van der Waals surface area contributed by atoms with Gasteiger partial charge in [0, 0.05) is 6.42 Å². The van der Waals surface area contributed by atoms with Crippen molar-refractivity contribution in [2.45, 2.75) is 39.8 Å². The van der Waals surface area contributed by atoms with E-state index in [2.05, 4.69) is 0 Å². The van der Waals surface area contributed by atoms with Gasteiger partial charge in [-0.1, -0.05) is 20.8 Å². The zero-order valence-electron chi connectivity index (χ0n) is 8.48. The standard InChI is InChI=1S/C9H15F3O2/c1-8(2,3)6(7(13)14)4-5-9(10,11)12/h6H,4-5H2,1-3H3,(H,13,14). The lowest BCUT2D eigenvalue weighted by atomic mass is 9.78. The molecule has 1 N–H and O–H groups in total. The summed E-state index contributed by atoms with van der Waals surface area (Å²) in [5.41, 5.74) is -0.642. The number of hydrogen-bond donors (Lipinski definition) is 1. The van der Waals surface area contributed by atoms with E-state index >= 15 is 0 Å². The Hall–Kier alpha value is -0.740. The number of carboxylic acid groups (broad SMARTS) is 1. The molecule has 5 heteroatoms. The van der Waals surface area contributed by atoms with Crippen LogP contribution >= 0.6 is 0 Å². The summed E-state index contributed by atoms with van der Waals surface area (Å²) < 4.78 is 35.6. The number of rotatable bonds is 3. The monoisotopic (exact) mass is 212 g/mol. The number of halogens is 3. The molecule has 1 atom stereocenters. The average molecular weight is 212 g/mol. The van der Waals surface area contributed by atoms with E-state index in [0.717, 1.165) is 0 Å². The van der Waals surface area contributed by atoms with Crippen molar-refractivity contribution in [2.24, 2.45) is 11.3 Å². The molecule has 1 unspecified atom stereocenters. The summed E-state index contributed by atoms with van der Waals surface area (Å²) in [5.74, 6) is -2.12. The first-order valence-corrected chi connectivity index (χ1v) is 4.33. The van der Waals surface area contributed by atoms with Crippen LogP contribution in [0.1, 0.15) is 33.6 Å². The fourth-order valence-corrected chi connectivity index (χ4v) is 1.23. The Kier molecular flexibility index (Phi) is 3.97. The molecule has 0 aliphatic rings. The minimum atomic E-state index is -4.28. The molecule has 0 saturated carbocycles. The molecule has 0 saturated heterocycles. The second-order valence-corrected chi connectivity index (χ2v) is 4.41. The van der Waals surface area contributed by atoms with E-state index in [1.807, 2.05) is 0 Å². The van der Waals surface area contributed by atoms with Crippen molar-refractivity contribution >= 4 is 5.97 Å². The molecule has 0 amide bonds. The number of aliphatic carboxylic acids is 1. The van der Waals surface area contributed by atoms with Gasteiger partial charge in [-0.25, -0.2) is 0 Å². The van der Waals surface area contributed by atoms with Gasteiger partial charge in [-0.2, -0.15) is 13.2 Å². The molecular weight excluding hydrogens is 197 g/mol. The summed E-state index contributed by atoms with van der Waals surface area (Å²) in [4.78, 5) is 10.7. The molecule has 84 valence electrons. The van der Waals surface area contributed by atoms with Crippen molar-refractivity contribution in [3.8, 4) is 0 Å². The highest BCUT2D eigenvalue weighted by Crippen LogP contribution is 2.33. The van der Waals surface area contributed by atoms with Crippen molar-refractivity contribution in [2.75, 3.05) is 0 Å². The number of carbonyl (C=O) groups is 1. The van der Waals surface area contributed by atoms with Gasteiger partial charge in [0.2, 0.25) is 0 Å². The number of alkyl halides is 3. The lowest BCUT2D eigenvalue weighted by Crippen LogP contribution is -2.29. The van der Waals surface area contributed by atoms with Crippen molar-refractivity contribution < 1.29 is 23.1 Å². The van der Waals surface area contributed by atoms with Crippen LogP contribution in [0.3, 0.4) is 0 Å². The quantitative estimate of drug-likeness (QED) is 0.780. The SMILES string of the molecule is CC(C)(C)C(CCC(F)(F)F)C(=O)O. The molecule has 0 bridgehead atoms. The van der Waals surface area contributed by atoms with Gasteiger partial charge >= 0.3 is 12.1 Å². The minimum absolute atomic E-state index is 0.359. The maximum Gasteiger partial charge on any atom is 0.389 e. The third kappa shape index (κ3) is 5.09. The van der Waals surface area contributed by atoms with E-state index in [4.69, 9.17) is 5.11 Å². The Morgan fingerprint density at radius 2 is 1.71 bits per heavy atom. The van der Waals surface area contributed by atoms with E-state index < -0.39 is 29.9 Å². The third-order valence-corrected chi connectivity index (χ3v) is 2.06. The Morgan fingerprint density at radius 3 is 1.93 bits per heavy atom. The first-order chi connectivity index (χ1) is 6.04. The molecule has 0 spiro atoms. The van der Waals surface area contributed by atoms with E-state index in [9.17, 15) is 18.0 Å². The third-order valence-electron chi connectivity index (χ3n) is 2.06. The minimum Gasteiger partial charge on any atom is -0.481 e. The fourth-order valence-electron chi connectivity index (χ4n) is 1.23. The van der Waals surface area contributed by atoms with Crippen molar-refractivity contribution in [1.82, 2.24) is 0 Å². The molecule has 0 rings (SSSR count). The lowest BCUT2D eigenvalue weighted by Gasteiger charge is -2.27. The van der Waals surface area contributed by atoms with Gasteiger partial charge < -0.3 is 5.11 Å². The van der Waals surface area contributed by atoms with Crippen molar-refractivity contribution in [1.29, 1.82) is 0 Å². The van der Waals surface area contributed by atoms with Crippen molar-refractivity contribution in [3.63, 3.8) is 0 Å². The highest BCUT2D eigenvalue weighted by atomic mass is 19.4. The number of carboxylic acids is 1. The van der Waals surface area contributed by atoms with Gasteiger partial charge in [-0.15, -0.1) is 0 Å². The second kappa shape index (κ2) is 4.19. The van der Waals surface area contributed by atoms with E-state index in [0.29, 0.717) is 0 Å². The first-order valence-electron chi connectivity index (χ1n) is 4.33. The molecule has 0 aromatic carbocycles. The van der Waals surface area contributed by atoms with Crippen LogP contribution in [-0.2, 0) is 4.79 Å². The molecule has 0 aromatic rings. The van der Waals surface area contributed by atoms with Crippen LogP contribution in [0.5, 0.6) is 0 Å². The Bertz CT molecular complexity index is 203. The zero-order chi connectivity index (χ0) is 11.6. The molecule has 0 aliphatic heterocycles. The van der Waals surface area contributed by atoms with Crippen LogP contribution in [-0.4, -0.2) is 17.3 Å². The molecule has 2 nitrogen and oxygen atoms in total. The predicted molar refractivity (Wildman–Crippen MR) is 45.9 cm³/mol. The smallest absolute Gasteiger partial charge is 0.389 e. The predicted octanol–water partition coefficient (Wildman–Crippen LogP) is 3.08. The maximum absolute atomic E-state index is 11.9. The summed E-state index contributed by atoms with van der Waals surface area (Å²) in [6, 6.07) is 0. The van der Waals surface area contributed by atoms with Gasteiger partial charge in [0.15, 0.2) is 0 Å². The van der Waals surface area contributed by atoms with Crippen LogP contribution in [0.4, 0.5) is 13.2 Å². The van der Waals surface area contributed by atoms with Gasteiger partial charge in [0.25, 0.3) is 0 Å². The molecule has 0 aromatic heterocycles. The summed E-state index contributed by atoms with van der Waals surface area (Å²) in [6.07, 6.45) is -5.68. The van der Waals surface area contributed by atoms with Crippen LogP contribution in [0, 0.1) is 11.3 Å². The van der Waals surface area contributed by atoms with Crippen LogP contribution in [0.25, 0.3) is 0 Å². The highest BCUT2D eigenvalue weighted by molar-refractivity contribution is 5.70.